The van der Waals surface area contributed by atoms with E-state index < -0.39 is 0 Å². The van der Waals surface area contributed by atoms with Crippen LogP contribution in [0, 0.1) is 0 Å². The molecule has 2 aliphatic heterocycles. The van der Waals surface area contributed by atoms with Gasteiger partial charge in [-0.05, 0) is 71.8 Å². The van der Waals surface area contributed by atoms with Crippen LogP contribution in [-0.2, 0) is 0 Å². The highest BCUT2D eigenvalue weighted by molar-refractivity contribution is 6.11. The fourth-order valence-corrected chi connectivity index (χ4v) is 7.92. The Hall–Kier alpha value is -7.11. The first-order chi connectivity index (χ1) is 25.8. The van der Waals surface area contributed by atoms with Crippen LogP contribution in [-0.4, -0.2) is 24.1 Å². The van der Waals surface area contributed by atoms with Gasteiger partial charge in [-0.1, -0.05) is 115 Å². The highest BCUT2D eigenvalue weighted by Gasteiger charge is 2.22. The predicted octanol–water partition coefficient (Wildman–Crippen LogP) is 11.7. The lowest BCUT2D eigenvalue weighted by Gasteiger charge is -2.17. The van der Waals surface area contributed by atoms with Gasteiger partial charge in [0.15, 0.2) is 0 Å². The van der Waals surface area contributed by atoms with E-state index in [1.165, 1.54) is 21.8 Å². The van der Waals surface area contributed by atoms with Crippen LogP contribution < -0.4 is 0 Å². The second kappa shape index (κ2) is 11.2. The first-order valence-corrected chi connectivity index (χ1v) is 17.5. The van der Waals surface area contributed by atoms with Gasteiger partial charge in [0.1, 0.15) is 5.82 Å². The van der Waals surface area contributed by atoms with Crippen molar-refractivity contribution in [3.8, 4) is 45.4 Å². The zero-order valence-electron chi connectivity index (χ0n) is 28.0. The van der Waals surface area contributed by atoms with Crippen LogP contribution >= 0.6 is 0 Å². The summed E-state index contributed by atoms with van der Waals surface area (Å²) in [5, 5.41) is 5.68. The van der Waals surface area contributed by atoms with E-state index in [1.54, 1.807) is 0 Å². The number of benzene rings is 7. The second-order valence-corrected chi connectivity index (χ2v) is 13.3. The second-order valence-electron chi connectivity index (χ2n) is 13.3. The minimum atomic E-state index is 0.596. The maximum Gasteiger partial charge on any atom is 0.237 e. The van der Waals surface area contributed by atoms with Crippen molar-refractivity contribution >= 4 is 54.5 Å². The molecule has 2 aliphatic rings. The Balaban J connectivity index is 1.16. The third kappa shape index (κ3) is 4.33. The number of hydrogen-bond acceptors (Lipinski definition) is 3. The molecule has 0 N–H and O–H groups in total. The van der Waals surface area contributed by atoms with E-state index >= 15 is 0 Å². The summed E-state index contributed by atoms with van der Waals surface area (Å²) in [6.07, 6.45) is 0. The molecule has 11 rings (SSSR count). The SMILES string of the molecule is c1ccc(-c2nc(-n3c4nc5ccccc5c-4cc4cc(-c5ccc6c(c5)c5ccccc5n6-c5ccccc5)ccc43)nc3ccccc23)cc1. The van der Waals surface area contributed by atoms with Crippen molar-refractivity contribution in [1.29, 1.82) is 0 Å². The van der Waals surface area contributed by atoms with Gasteiger partial charge in [0.05, 0.1) is 33.3 Å². The van der Waals surface area contributed by atoms with Gasteiger partial charge in [-0.2, -0.15) is 0 Å². The van der Waals surface area contributed by atoms with E-state index in [0.29, 0.717) is 5.95 Å². The summed E-state index contributed by atoms with van der Waals surface area (Å²) in [5.74, 6) is 1.43. The van der Waals surface area contributed by atoms with Crippen molar-refractivity contribution < 1.29 is 0 Å². The fraction of sp³-hybridized carbons (Fsp3) is 0. The lowest BCUT2D eigenvalue weighted by Crippen LogP contribution is -2.09. The van der Waals surface area contributed by atoms with Gasteiger partial charge >= 0.3 is 0 Å². The minimum absolute atomic E-state index is 0.596. The van der Waals surface area contributed by atoms with Crippen molar-refractivity contribution in [1.82, 2.24) is 24.1 Å². The lowest BCUT2D eigenvalue weighted by atomic mass is 9.99. The third-order valence-corrected chi connectivity index (χ3v) is 10.3. The molecule has 4 heterocycles. The van der Waals surface area contributed by atoms with Gasteiger partial charge in [-0.3, -0.25) is 4.57 Å². The van der Waals surface area contributed by atoms with Gasteiger partial charge in [0.25, 0.3) is 0 Å². The Morgan fingerprint density at radius 2 is 0.981 bits per heavy atom. The minimum Gasteiger partial charge on any atom is -0.309 e. The summed E-state index contributed by atoms with van der Waals surface area (Å²) >= 11 is 0. The molecule has 0 saturated heterocycles. The van der Waals surface area contributed by atoms with E-state index in [2.05, 4.69) is 161 Å². The summed E-state index contributed by atoms with van der Waals surface area (Å²) in [4.78, 5) is 15.7. The summed E-state index contributed by atoms with van der Waals surface area (Å²) < 4.78 is 4.50. The molecule has 2 aromatic heterocycles. The Labute approximate surface area is 299 Å². The molecule has 0 bridgehead atoms. The third-order valence-electron chi connectivity index (χ3n) is 10.3. The summed E-state index contributed by atoms with van der Waals surface area (Å²) in [7, 11) is 0. The van der Waals surface area contributed by atoms with E-state index in [9.17, 15) is 0 Å². The fourth-order valence-electron chi connectivity index (χ4n) is 7.92. The van der Waals surface area contributed by atoms with Crippen molar-refractivity contribution in [2.24, 2.45) is 0 Å². The van der Waals surface area contributed by atoms with Gasteiger partial charge in [0.2, 0.25) is 5.95 Å². The van der Waals surface area contributed by atoms with Gasteiger partial charge in [0, 0.05) is 43.7 Å². The molecule has 0 unspecified atom stereocenters. The first kappa shape index (κ1) is 28.7. The van der Waals surface area contributed by atoms with Crippen molar-refractivity contribution in [3.05, 3.63) is 176 Å². The monoisotopic (exact) mass is 663 g/mol. The number of aromatic nitrogens is 5. The van der Waals surface area contributed by atoms with Crippen LogP contribution in [0.3, 0.4) is 0 Å². The van der Waals surface area contributed by atoms with Crippen LogP contribution in [0.1, 0.15) is 0 Å². The molecular weight excluding hydrogens is 635 g/mol. The van der Waals surface area contributed by atoms with Crippen molar-refractivity contribution in [3.63, 3.8) is 0 Å². The van der Waals surface area contributed by atoms with Gasteiger partial charge < -0.3 is 4.57 Å². The quantitative estimate of drug-likeness (QED) is 0.188. The Bertz CT molecular complexity index is 3120. The number of para-hydroxylation sites is 4. The Morgan fingerprint density at radius 3 is 1.79 bits per heavy atom. The molecule has 0 aliphatic carbocycles. The van der Waals surface area contributed by atoms with E-state index in [-0.39, 0.29) is 0 Å². The maximum atomic E-state index is 5.29. The smallest absolute Gasteiger partial charge is 0.237 e. The summed E-state index contributed by atoms with van der Waals surface area (Å²) in [6.45, 7) is 0. The molecule has 242 valence electrons. The van der Waals surface area contributed by atoms with Crippen LogP contribution in [0.5, 0.6) is 0 Å². The zero-order valence-corrected chi connectivity index (χ0v) is 28.0. The molecule has 0 atom stereocenters. The van der Waals surface area contributed by atoms with Gasteiger partial charge in [-0.25, -0.2) is 15.0 Å². The van der Waals surface area contributed by atoms with Crippen LogP contribution in [0.2, 0.25) is 0 Å². The molecule has 5 heteroatoms. The molecular formula is C47H29N5. The normalized spacial score (nSPS) is 11.8. The topological polar surface area (TPSA) is 48.5 Å². The van der Waals surface area contributed by atoms with Crippen LogP contribution in [0.15, 0.2) is 176 Å². The molecule has 0 spiro atoms. The highest BCUT2D eigenvalue weighted by Crippen LogP contribution is 2.40. The van der Waals surface area contributed by atoms with Gasteiger partial charge in [-0.15, -0.1) is 0 Å². The molecule has 0 saturated carbocycles. The van der Waals surface area contributed by atoms with E-state index in [1.807, 2.05) is 24.3 Å². The van der Waals surface area contributed by atoms with E-state index in [0.717, 1.165) is 72.2 Å². The molecule has 0 fully saturated rings. The molecule has 5 nitrogen and oxygen atoms in total. The summed E-state index contributed by atoms with van der Waals surface area (Å²) in [6, 6.07) is 62.0. The average Bonchev–Trinajstić information content (AvgIpc) is 3.75. The maximum absolute atomic E-state index is 5.29. The number of pyridine rings is 1. The van der Waals surface area contributed by atoms with E-state index in [4.69, 9.17) is 15.0 Å². The number of nitrogens with zero attached hydrogens (tertiary/aromatic N) is 5. The Kier molecular flexibility index (Phi) is 6.18. The Morgan fingerprint density at radius 1 is 0.365 bits per heavy atom. The standard InChI is InChI=1S/C47H29N5/c1-3-13-30(14-4-1)45-37-19-8-11-21-41(37)49-47(50-45)52-42-25-23-31(27-33(42)29-39-35-17-7-10-20-40(35)48-46(39)52)32-24-26-44-38(28-32)36-18-9-12-22-43(36)51(44)34-15-5-2-6-16-34/h1-29H. The molecule has 9 aromatic rings. The molecule has 0 radical (unpaired) electrons. The molecule has 0 amide bonds. The first-order valence-electron chi connectivity index (χ1n) is 17.5. The lowest BCUT2D eigenvalue weighted by molar-refractivity contribution is 0.961. The van der Waals surface area contributed by atoms with Crippen molar-refractivity contribution in [2.75, 3.05) is 0 Å². The largest absolute Gasteiger partial charge is 0.309 e. The highest BCUT2D eigenvalue weighted by atomic mass is 15.2. The molecule has 52 heavy (non-hydrogen) atoms. The van der Waals surface area contributed by atoms with Crippen LogP contribution in [0.4, 0.5) is 0 Å². The van der Waals surface area contributed by atoms with Crippen LogP contribution in [0.25, 0.3) is 99.9 Å². The summed E-state index contributed by atoms with van der Waals surface area (Å²) in [5.41, 5.74) is 11.7. The predicted molar refractivity (Wildman–Crippen MR) is 214 cm³/mol. The number of fused-ring (bicyclic) bond motifs is 8. The zero-order chi connectivity index (χ0) is 34.2. The van der Waals surface area contributed by atoms with Crippen molar-refractivity contribution in [2.45, 2.75) is 0 Å². The average molecular weight is 664 g/mol. The molecule has 7 aromatic carbocycles. The number of hydrogen-bond donors (Lipinski definition) is 0. The number of rotatable bonds is 4.